The maximum atomic E-state index is 12.7. The highest BCUT2D eigenvalue weighted by molar-refractivity contribution is 5.22. The van der Waals surface area contributed by atoms with E-state index in [2.05, 4.69) is 16.0 Å². The monoisotopic (exact) mass is 499 g/mol. The molecule has 2 heterocycles. The van der Waals surface area contributed by atoms with E-state index in [0.29, 0.717) is 18.5 Å². The van der Waals surface area contributed by atoms with Crippen molar-refractivity contribution in [3.05, 3.63) is 35.4 Å². The van der Waals surface area contributed by atoms with Crippen LogP contribution in [0.5, 0.6) is 0 Å². The van der Waals surface area contributed by atoms with Gasteiger partial charge in [0.05, 0.1) is 24.3 Å². The molecular weight excluding hydrogens is 461 g/mol. The Morgan fingerprint density at radius 3 is 2.26 bits per heavy atom. The predicted octanol–water partition coefficient (Wildman–Crippen LogP) is -1.46. The smallest absolute Gasteiger partial charge is 0.249 e. The zero-order chi connectivity index (χ0) is 25.4. The maximum absolute atomic E-state index is 12.7. The number of aliphatic hydroxyl groups is 4. The summed E-state index contributed by atoms with van der Waals surface area (Å²) in [6.45, 7) is 1.75. The molecule has 1 aliphatic carbocycles. The molecule has 1 aromatic rings. The van der Waals surface area contributed by atoms with Crippen molar-refractivity contribution in [2.45, 2.75) is 86.7 Å². The minimum atomic E-state index is -2.24. The molecule has 0 aromatic heterocycles. The summed E-state index contributed by atoms with van der Waals surface area (Å²) in [6, 6.07) is 5.83. The van der Waals surface area contributed by atoms with Crippen LogP contribution in [0.4, 0.5) is 4.39 Å². The quantitative estimate of drug-likeness (QED) is 0.212. The fourth-order valence-electron chi connectivity index (χ4n) is 5.55. The average molecular weight is 500 g/mol. The summed E-state index contributed by atoms with van der Waals surface area (Å²) in [5, 5.41) is 54.0. The SMILES string of the molecule is CN[C@@H]1[C@H](O)[C@H](NC)[C@H]2O[C@]3(O)[C@H](O[C@@H]2[C@H]1O)O[C@H](C)C[C@@]3(O)CNCCc1ccc(CF)cc1. The first kappa shape index (κ1) is 26.8. The molecule has 0 spiro atoms. The molecule has 10 atom stereocenters. The van der Waals surface area contributed by atoms with Gasteiger partial charge in [-0.05, 0) is 45.1 Å². The number of halogens is 1. The van der Waals surface area contributed by atoms with Gasteiger partial charge in [0.15, 0.2) is 0 Å². The Morgan fingerprint density at radius 1 is 0.971 bits per heavy atom. The Morgan fingerprint density at radius 2 is 1.63 bits per heavy atom. The van der Waals surface area contributed by atoms with Crippen molar-refractivity contribution in [3.63, 3.8) is 0 Å². The Kier molecular flexibility index (Phi) is 8.13. The summed E-state index contributed by atoms with van der Waals surface area (Å²) in [5.41, 5.74) is -0.140. The van der Waals surface area contributed by atoms with Gasteiger partial charge in [-0.15, -0.1) is 0 Å². The van der Waals surface area contributed by atoms with E-state index in [4.69, 9.17) is 14.2 Å². The highest BCUT2D eigenvalue weighted by Gasteiger charge is 2.68. The number of benzene rings is 1. The first-order valence-electron chi connectivity index (χ1n) is 12.2. The van der Waals surface area contributed by atoms with Gasteiger partial charge in [-0.1, -0.05) is 24.3 Å². The third-order valence-electron chi connectivity index (χ3n) is 7.53. The molecule has 2 saturated heterocycles. The molecule has 35 heavy (non-hydrogen) atoms. The Labute approximate surface area is 204 Å². The maximum Gasteiger partial charge on any atom is 0.249 e. The number of rotatable bonds is 8. The summed E-state index contributed by atoms with van der Waals surface area (Å²) in [6.07, 6.45) is -5.10. The van der Waals surface area contributed by atoms with Crippen LogP contribution in [0.3, 0.4) is 0 Å². The second-order valence-electron chi connectivity index (χ2n) is 9.88. The number of likely N-dealkylation sites (N-methyl/N-ethyl adjacent to an activating group) is 2. The van der Waals surface area contributed by atoms with E-state index in [9.17, 15) is 24.8 Å². The lowest BCUT2D eigenvalue weighted by Crippen LogP contribution is -2.81. The van der Waals surface area contributed by atoms with Gasteiger partial charge < -0.3 is 50.6 Å². The van der Waals surface area contributed by atoms with Crippen LogP contribution in [0.15, 0.2) is 24.3 Å². The standard InChI is InChI=1S/C24H38FN3O7/c1-13-10-23(31,12-28-9-8-14-4-6-15(11-25)7-5-14)24(32)22(33-13)34-21-19(30)16(26-2)18(29)17(27-3)20(21)35-24/h4-7,13,16-22,26-32H,8-12H2,1-3H3/t13-,16-,17+,18+,19+,20-,21-,22+,23-,24-/m1/s1. The van der Waals surface area contributed by atoms with Gasteiger partial charge in [-0.3, -0.25) is 0 Å². The molecule has 198 valence electrons. The summed E-state index contributed by atoms with van der Waals surface area (Å²) in [5.74, 6) is -2.24. The molecule has 0 radical (unpaired) electrons. The lowest BCUT2D eigenvalue weighted by atomic mass is 9.77. The van der Waals surface area contributed by atoms with Crippen molar-refractivity contribution >= 4 is 0 Å². The Bertz CT molecular complexity index is 851. The van der Waals surface area contributed by atoms with Crippen molar-refractivity contribution in [2.24, 2.45) is 0 Å². The van der Waals surface area contributed by atoms with Crippen molar-refractivity contribution in [1.29, 1.82) is 0 Å². The number of nitrogens with one attached hydrogen (secondary N) is 3. The van der Waals surface area contributed by atoms with E-state index in [1.807, 2.05) is 12.1 Å². The molecule has 1 aromatic carbocycles. The number of hydrogen-bond donors (Lipinski definition) is 7. The van der Waals surface area contributed by atoms with Crippen molar-refractivity contribution in [3.8, 4) is 0 Å². The molecule has 3 aliphatic rings. The topological polar surface area (TPSA) is 145 Å². The number of ether oxygens (including phenoxy) is 3. The minimum absolute atomic E-state index is 0.00845. The summed E-state index contributed by atoms with van der Waals surface area (Å²) >= 11 is 0. The predicted molar refractivity (Wildman–Crippen MR) is 124 cm³/mol. The van der Waals surface area contributed by atoms with Gasteiger partial charge >= 0.3 is 0 Å². The second kappa shape index (κ2) is 10.6. The Balaban J connectivity index is 1.48. The third kappa shape index (κ3) is 4.87. The van der Waals surface area contributed by atoms with E-state index in [0.717, 1.165) is 5.56 Å². The fourth-order valence-corrected chi connectivity index (χ4v) is 5.55. The van der Waals surface area contributed by atoms with Gasteiger partial charge in [0.1, 0.15) is 30.6 Å². The van der Waals surface area contributed by atoms with Gasteiger partial charge in [-0.2, -0.15) is 0 Å². The first-order chi connectivity index (χ1) is 16.7. The highest BCUT2D eigenvalue weighted by Crippen LogP contribution is 2.46. The van der Waals surface area contributed by atoms with Crippen LogP contribution >= 0.6 is 0 Å². The molecule has 4 rings (SSSR count). The number of aliphatic hydroxyl groups excluding tert-OH is 2. The minimum Gasteiger partial charge on any atom is -0.390 e. The second-order valence-corrected chi connectivity index (χ2v) is 9.88. The molecule has 11 heteroatoms. The van der Waals surface area contributed by atoms with Crippen LogP contribution in [0.1, 0.15) is 24.5 Å². The highest BCUT2D eigenvalue weighted by atomic mass is 19.1. The van der Waals surface area contributed by atoms with Crippen LogP contribution in [0, 0.1) is 0 Å². The molecule has 1 saturated carbocycles. The molecule has 0 amide bonds. The molecule has 7 N–H and O–H groups in total. The average Bonchev–Trinajstić information content (AvgIpc) is 2.83. The van der Waals surface area contributed by atoms with Gasteiger partial charge in [0.2, 0.25) is 12.1 Å². The fraction of sp³-hybridized carbons (Fsp3) is 0.750. The third-order valence-corrected chi connectivity index (χ3v) is 7.53. The molecule has 0 bridgehead atoms. The molecular formula is C24H38FN3O7. The van der Waals surface area contributed by atoms with Crippen LogP contribution in [0.25, 0.3) is 0 Å². The number of alkyl halides is 1. The van der Waals surface area contributed by atoms with E-state index < -0.39 is 67.0 Å². The zero-order valence-corrected chi connectivity index (χ0v) is 20.4. The van der Waals surface area contributed by atoms with Crippen molar-refractivity contribution in [1.82, 2.24) is 16.0 Å². The van der Waals surface area contributed by atoms with E-state index in [1.54, 1.807) is 33.2 Å². The van der Waals surface area contributed by atoms with Gasteiger partial charge in [0, 0.05) is 13.0 Å². The van der Waals surface area contributed by atoms with Crippen LogP contribution < -0.4 is 16.0 Å². The van der Waals surface area contributed by atoms with E-state index in [1.165, 1.54) is 0 Å². The summed E-state index contributed by atoms with van der Waals surface area (Å²) < 4.78 is 30.7. The van der Waals surface area contributed by atoms with Crippen molar-refractivity contribution < 1.29 is 39.0 Å². The van der Waals surface area contributed by atoms with Gasteiger partial charge in [0.25, 0.3) is 0 Å². The van der Waals surface area contributed by atoms with E-state index >= 15 is 0 Å². The van der Waals surface area contributed by atoms with Crippen LogP contribution in [-0.2, 0) is 27.3 Å². The lowest BCUT2D eigenvalue weighted by Gasteiger charge is -2.60. The molecule has 2 aliphatic heterocycles. The lowest BCUT2D eigenvalue weighted by molar-refractivity contribution is -0.482. The molecule has 0 unspecified atom stereocenters. The first-order valence-corrected chi connectivity index (χ1v) is 12.2. The number of fused-ring (bicyclic) bond motifs is 2. The summed E-state index contributed by atoms with van der Waals surface area (Å²) in [7, 11) is 3.27. The summed E-state index contributed by atoms with van der Waals surface area (Å²) in [4.78, 5) is 0. The van der Waals surface area contributed by atoms with Crippen LogP contribution in [0.2, 0.25) is 0 Å². The van der Waals surface area contributed by atoms with E-state index in [-0.39, 0.29) is 13.0 Å². The molecule has 3 fully saturated rings. The van der Waals surface area contributed by atoms with Crippen molar-refractivity contribution in [2.75, 3.05) is 27.2 Å². The normalized spacial score (nSPS) is 43.4. The van der Waals surface area contributed by atoms with Crippen LogP contribution in [-0.4, -0.2) is 108 Å². The largest absolute Gasteiger partial charge is 0.390 e. The molecule has 10 nitrogen and oxygen atoms in total. The van der Waals surface area contributed by atoms with Gasteiger partial charge in [-0.25, -0.2) is 4.39 Å². The number of hydrogen-bond acceptors (Lipinski definition) is 10. The Hall–Kier alpha value is -1.25. The zero-order valence-electron chi connectivity index (χ0n) is 20.4.